The number of hydrogen-bond acceptors (Lipinski definition) is 5. The number of fused-ring (bicyclic) bond motifs is 1. The summed E-state index contributed by atoms with van der Waals surface area (Å²) in [5.74, 6) is -1.65. The quantitative estimate of drug-likeness (QED) is 0.372. The Labute approximate surface area is 164 Å². The molecule has 0 aliphatic heterocycles. The van der Waals surface area contributed by atoms with Crippen molar-refractivity contribution in [2.24, 2.45) is 0 Å². The molecule has 6 N–H and O–H groups in total. The van der Waals surface area contributed by atoms with Gasteiger partial charge in [-0.2, -0.15) is 0 Å². The molecule has 0 bridgehead atoms. The van der Waals surface area contributed by atoms with Gasteiger partial charge in [0.1, 0.15) is 5.56 Å². The van der Waals surface area contributed by atoms with E-state index in [4.69, 9.17) is 5.11 Å². The van der Waals surface area contributed by atoms with Crippen molar-refractivity contribution in [2.75, 3.05) is 18.4 Å². The van der Waals surface area contributed by atoms with E-state index < -0.39 is 17.6 Å². The number of nitrogens with one attached hydrogen (secondary N) is 5. The predicted molar refractivity (Wildman–Crippen MR) is 106 cm³/mol. The molecular formula is C18H20N6O5. The zero-order valence-electron chi connectivity index (χ0n) is 15.5. The SMILES string of the molecule is CCNC(=O)CNC(=O)Nc1ccc2[nH]c(=O)c(C(=O)O)cc2c1.c1c[nH]cn1. The van der Waals surface area contributed by atoms with Gasteiger partial charge in [0, 0.05) is 35.5 Å². The third-order valence-corrected chi connectivity index (χ3v) is 3.52. The highest BCUT2D eigenvalue weighted by molar-refractivity contribution is 5.96. The van der Waals surface area contributed by atoms with E-state index in [1.807, 2.05) is 0 Å². The molecule has 0 fully saturated rings. The van der Waals surface area contributed by atoms with Crippen LogP contribution in [0.1, 0.15) is 17.3 Å². The molecule has 2 heterocycles. The van der Waals surface area contributed by atoms with Gasteiger partial charge in [-0.3, -0.25) is 9.59 Å². The van der Waals surface area contributed by atoms with Crippen LogP contribution < -0.4 is 21.5 Å². The van der Waals surface area contributed by atoms with Gasteiger partial charge in [-0.15, -0.1) is 0 Å². The molecule has 152 valence electrons. The van der Waals surface area contributed by atoms with Gasteiger partial charge in [0.2, 0.25) is 5.91 Å². The molecule has 11 nitrogen and oxygen atoms in total. The number of carboxylic acid groups (broad SMARTS) is 1. The van der Waals surface area contributed by atoms with E-state index in [2.05, 4.69) is 30.9 Å². The monoisotopic (exact) mass is 400 g/mol. The first-order valence-corrected chi connectivity index (χ1v) is 8.55. The number of benzene rings is 1. The second-order valence-electron chi connectivity index (χ2n) is 5.64. The molecule has 29 heavy (non-hydrogen) atoms. The van der Waals surface area contributed by atoms with Crippen LogP contribution in [0, 0.1) is 0 Å². The van der Waals surface area contributed by atoms with Gasteiger partial charge in [-0.05, 0) is 31.2 Å². The lowest BCUT2D eigenvalue weighted by atomic mass is 10.1. The fourth-order valence-corrected chi connectivity index (χ4v) is 2.25. The number of carboxylic acids is 1. The summed E-state index contributed by atoms with van der Waals surface area (Å²) in [4.78, 5) is 54.4. The van der Waals surface area contributed by atoms with Crippen molar-refractivity contribution in [3.8, 4) is 0 Å². The van der Waals surface area contributed by atoms with Crippen molar-refractivity contribution in [2.45, 2.75) is 6.92 Å². The number of rotatable bonds is 5. The summed E-state index contributed by atoms with van der Waals surface area (Å²) >= 11 is 0. The molecule has 0 radical (unpaired) electrons. The number of H-pyrrole nitrogens is 2. The van der Waals surface area contributed by atoms with Crippen molar-refractivity contribution in [1.29, 1.82) is 0 Å². The maximum Gasteiger partial charge on any atom is 0.341 e. The van der Waals surface area contributed by atoms with Gasteiger partial charge in [-0.1, -0.05) is 0 Å². The van der Waals surface area contributed by atoms with Crippen LogP contribution in [0.2, 0.25) is 0 Å². The fraction of sp³-hybridized carbons (Fsp3) is 0.167. The maximum absolute atomic E-state index is 11.7. The first-order chi connectivity index (χ1) is 13.9. The average Bonchev–Trinajstić information content (AvgIpc) is 3.26. The zero-order chi connectivity index (χ0) is 21.2. The molecule has 0 unspecified atom stereocenters. The fourth-order valence-electron chi connectivity index (χ4n) is 2.25. The Morgan fingerprint density at radius 2 is 1.97 bits per heavy atom. The van der Waals surface area contributed by atoms with Crippen molar-refractivity contribution in [3.63, 3.8) is 0 Å². The Hall–Kier alpha value is -4.15. The van der Waals surface area contributed by atoms with Crippen LogP contribution in [-0.2, 0) is 4.79 Å². The van der Waals surface area contributed by atoms with Crippen LogP contribution >= 0.6 is 0 Å². The van der Waals surface area contributed by atoms with E-state index in [1.54, 1.807) is 37.8 Å². The van der Waals surface area contributed by atoms with E-state index in [-0.39, 0.29) is 18.0 Å². The molecule has 1 aromatic carbocycles. The summed E-state index contributed by atoms with van der Waals surface area (Å²) in [6.07, 6.45) is 5.08. The molecule has 2 aromatic heterocycles. The number of aromatic amines is 2. The zero-order valence-corrected chi connectivity index (χ0v) is 15.5. The minimum Gasteiger partial charge on any atom is -0.477 e. The van der Waals surface area contributed by atoms with E-state index in [0.717, 1.165) is 0 Å². The number of aromatic carboxylic acids is 1. The first kappa shape index (κ1) is 21.2. The highest BCUT2D eigenvalue weighted by atomic mass is 16.4. The lowest BCUT2D eigenvalue weighted by molar-refractivity contribution is -0.119. The van der Waals surface area contributed by atoms with Gasteiger partial charge < -0.3 is 31.0 Å². The molecule has 3 rings (SSSR count). The molecule has 0 saturated heterocycles. The summed E-state index contributed by atoms with van der Waals surface area (Å²) in [6, 6.07) is 5.26. The standard InChI is InChI=1S/C15H16N4O5.C3H4N2/c1-2-16-12(20)7-17-15(24)18-9-3-4-11-8(5-9)6-10(14(22)23)13(21)19-11;1-2-5-3-4-1/h3-6H,2,7H2,1H3,(H,16,20)(H,19,21)(H,22,23)(H2,17,18,24);1-3H,(H,4,5). The van der Waals surface area contributed by atoms with Gasteiger partial charge in [0.25, 0.3) is 5.56 Å². The molecule has 0 aliphatic carbocycles. The maximum atomic E-state index is 11.7. The molecule has 0 spiro atoms. The van der Waals surface area contributed by atoms with Crippen LogP contribution in [-0.4, -0.2) is 51.1 Å². The van der Waals surface area contributed by atoms with Crippen LogP contribution in [0.15, 0.2) is 47.8 Å². The molecule has 11 heteroatoms. The normalized spacial score (nSPS) is 9.83. The van der Waals surface area contributed by atoms with Crippen LogP contribution in [0.4, 0.5) is 10.5 Å². The van der Waals surface area contributed by atoms with Crippen molar-refractivity contribution >= 4 is 34.5 Å². The lowest BCUT2D eigenvalue weighted by Gasteiger charge is -2.08. The third-order valence-electron chi connectivity index (χ3n) is 3.52. The summed E-state index contributed by atoms with van der Waals surface area (Å²) in [5.41, 5.74) is -0.256. The second kappa shape index (κ2) is 10.3. The number of urea groups is 1. The largest absolute Gasteiger partial charge is 0.477 e. The van der Waals surface area contributed by atoms with E-state index in [0.29, 0.717) is 23.1 Å². The molecule has 3 amide bonds. The summed E-state index contributed by atoms with van der Waals surface area (Å²) in [7, 11) is 0. The van der Waals surface area contributed by atoms with Crippen molar-refractivity contribution in [3.05, 3.63) is 58.9 Å². The molecular weight excluding hydrogens is 380 g/mol. The van der Waals surface area contributed by atoms with Gasteiger partial charge in [-0.25, -0.2) is 14.6 Å². The minimum absolute atomic E-state index is 0.163. The number of anilines is 1. The van der Waals surface area contributed by atoms with E-state index >= 15 is 0 Å². The van der Waals surface area contributed by atoms with Crippen LogP contribution in [0.3, 0.4) is 0 Å². The second-order valence-corrected chi connectivity index (χ2v) is 5.64. The van der Waals surface area contributed by atoms with E-state index in [1.165, 1.54) is 12.1 Å². The predicted octanol–water partition coefficient (Wildman–Crippen LogP) is 0.894. The summed E-state index contributed by atoms with van der Waals surface area (Å²) in [6.45, 7) is 2.07. The van der Waals surface area contributed by atoms with Gasteiger partial charge in [0.05, 0.1) is 12.9 Å². The Kier molecular flexibility index (Phi) is 7.48. The van der Waals surface area contributed by atoms with Gasteiger partial charge >= 0.3 is 12.0 Å². The number of pyridine rings is 1. The molecule has 3 aromatic rings. The number of amides is 3. The number of aromatic nitrogens is 3. The Morgan fingerprint density at radius 1 is 1.17 bits per heavy atom. The van der Waals surface area contributed by atoms with Gasteiger partial charge in [0.15, 0.2) is 0 Å². The van der Waals surface area contributed by atoms with Crippen LogP contribution in [0.5, 0.6) is 0 Å². The minimum atomic E-state index is -1.34. The lowest BCUT2D eigenvalue weighted by Crippen LogP contribution is -2.38. The number of nitrogens with zero attached hydrogens (tertiary/aromatic N) is 1. The molecule has 0 atom stereocenters. The molecule has 0 saturated carbocycles. The third kappa shape index (κ3) is 6.50. The summed E-state index contributed by atoms with van der Waals surface area (Å²) < 4.78 is 0. The summed E-state index contributed by atoms with van der Waals surface area (Å²) in [5, 5.41) is 16.9. The van der Waals surface area contributed by atoms with E-state index in [9.17, 15) is 19.2 Å². The number of likely N-dealkylation sites (N-methyl/N-ethyl adjacent to an activating group) is 1. The number of hydrogen-bond donors (Lipinski definition) is 6. The Bertz CT molecular complexity index is 1030. The Balaban J connectivity index is 0.000000521. The number of imidazole rings is 1. The molecule has 0 aliphatic rings. The topological polar surface area (TPSA) is 169 Å². The smallest absolute Gasteiger partial charge is 0.341 e. The highest BCUT2D eigenvalue weighted by Crippen LogP contribution is 2.17. The van der Waals surface area contributed by atoms with Crippen molar-refractivity contribution < 1.29 is 19.5 Å². The van der Waals surface area contributed by atoms with Crippen molar-refractivity contribution in [1.82, 2.24) is 25.6 Å². The van der Waals surface area contributed by atoms with Crippen LogP contribution in [0.25, 0.3) is 10.9 Å². The first-order valence-electron chi connectivity index (χ1n) is 8.55. The number of carbonyl (C=O) groups excluding carboxylic acids is 2. The Morgan fingerprint density at radius 3 is 2.55 bits per heavy atom. The highest BCUT2D eigenvalue weighted by Gasteiger charge is 2.11. The average molecular weight is 400 g/mol. The number of carbonyl (C=O) groups is 3.